The van der Waals surface area contributed by atoms with Crippen molar-refractivity contribution in [3.8, 4) is 5.75 Å². The van der Waals surface area contributed by atoms with E-state index in [4.69, 9.17) is 4.74 Å². The van der Waals surface area contributed by atoms with Crippen molar-refractivity contribution in [3.63, 3.8) is 0 Å². The predicted octanol–water partition coefficient (Wildman–Crippen LogP) is 3.68. The van der Waals surface area contributed by atoms with E-state index in [-0.39, 0.29) is 23.8 Å². The van der Waals surface area contributed by atoms with E-state index in [0.717, 1.165) is 11.3 Å². The van der Waals surface area contributed by atoms with Crippen molar-refractivity contribution in [3.05, 3.63) is 99.6 Å². The summed E-state index contributed by atoms with van der Waals surface area (Å²) in [6.45, 7) is 1.78. The number of ether oxygens (including phenoxy) is 1. The summed E-state index contributed by atoms with van der Waals surface area (Å²) in [5.74, 6) is -0.244. The Morgan fingerprint density at radius 2 is 1.72 bits per heavy atom. The minimum absolute atomic E-state index is 0.0972. The number of nitro benzene ring substituents is 1. The van der Waals surface area contributed by atoms with Crippen LogP contribution in [-0.4, -0.2) is 29.6 Å². The maximum absolute atomic E-state index is 12.0. The zero-order valence-corrected chi connectivity index (χ0v) is 17.1. The molecule has 0 saturated heterocycles. The molecule has 0 aliphatic heterocycles. The standard InChI is InChI=1S/C23H20N4O5/c1-16-4-2-3-5-21(16)25-22(28)15-32-20-12-6-17(7-13-20)14-24-26-23(29)18-8-10-19(11-9-18)27(30)31/h2-14H,15H2,1H3,(H,25,28)(H,26,29)/b24-14+. The topological polar surface area (TPSA) is 123 Å². The Morgan fingerprint density at radius 1 is 1.03 bits per heavy atom. The molecule has 0 spiro atoms. The molecule has 3 aromatic rings. The zero-order valence-electron chi connectivity index (χ0n) is 17.1. The number of hydrogen-bond acceptors (Lipinski definition) is 6. The number of nitrogens with one attached hydrogen (secondary N) is 2. The van der Waals surface area contributed by atoms with Crippen molar-refractivity contribution in [1.82, 2.24) is 5.43 Å². The molecule has 3 aromatic carbocycles. The molecule has 0 heterocycles. The quantitative estimate of drug-likeness (QED) is 0.319. The lowest BCUT2D eigenvalue weighted by molar-refractivity contribution is -0.384. The van der Waals surface area contributed by atoms with Gasteiger partial charge in [0.25, 0.3) is 17.5 Å². The van der Waals surface area contributed by atoms with Crippen LogP contribution in [0.3, 0.4) is 0 Å². The first kappa shape index (κ1) is 22.2. The molecule has 0 unspecified atom stereocenters. The Kier molecular flexibility index (Phi) is 7.26. The first-order valence-corrected chi connectivity index (χ1v) is 9.58. The maximum atomic E-state index is 12.0. The van der Waals surface area contributed by atoms with Gasteiger partial charge in [-0.05, 0) is 60.5 Å². The lowest BCUT2D eigenvalue weighted by Gasteiger charge is -2.09. The molecule has 0 fully saturated rings. The fraction of sp³-hybridized carbons (Fsp3) is 0.0870. The van der Waals surface area contributed by atoms with Crippen LogP contribution in [0.4, 0.5) is 11.4 Å². The summed E-state index contributed by atoms with van der Waals surface area (Å²) in [4.78, 5) is 34.2. The summed E-state index contributed by atoms with van der Waals surface area (Å²) in [7, 11) is 0. The number of carbonyl (C=O) groups is 2. The predicted molar refractivity (Wildman–Crippen MR) is 120 cm³/mol. The highest BCUT2D eigenvalue weighted by Crippen LogP contribution is 2.15. The molecule has 2 amide bonds. The summed E-state index contributed by atoms with van der Waals surface area (Å²) >= 11 is 0. The van der Waals surface area contributed by atoms with Gasteiger partial charge in [0.15, 0.2) is 6.61 Å². The smallest absolute Gasteiger partial charge is 0.271 e. The van der Waals surface area contributed by atoms with Gasteiger partial charge in [-0.2, -0.15) is 5.10 Å². The molecule has 0 bridgehead atoms. The average Bonchev–Trinajstić information content (AvgIpc) is 2.80. The number of benzene rings is 3. The molecule has 3 rings (SSSR count). The van der Waals surface area contributed by atoms with Crippen LogP contribution in [0.25, 0.3) is 0 Å². The summed E-state index contributed by atoms with van der Waals surface area (Å²) in [5.41, 5.74) is 4.91. The Hall–Kier alpha value is -4.53. The maximum Gasteiger partial charge on any atom is 0.271 e. The largest absolute Gasteiger partial charge is 0.484 e. The third kappa shape index (κ3) is 6.23. The molecule has 9 heteroatoms. The van der Waals surface area contributed by atoms with Crippen molar-refractivity contribution in [2.75, 3.05) is 11.9 Å². The molecule has 9 nitrogen and oxygen atoms in total. The van der Waals surface area contributed by atoms with Crippen LogP contribution >= 0.6 is 0 Å². The van der Waals surface area contributed by atoms with Crippen LogP contribution < -0.4 is 15.5 Å². The van der Waals surface area contributed by atoms with Gasteiger partial charge in [-0.25, -0.2) is 5.43 Å². The van der Waals surface area contributed by atoms with Gasteiger partial charge in [-0.1, -0.05) is 18.2 Å². The molecule has 0 radical (unpaired) electrons. The molecule has 0 aliphatic rings. The number of amides is 2. The fourth-order valence-corrected chi connectivity index (χ4v) is 2.66. The van der Waals surface area contributed by atoms with Gasteiger partial charge in [0.05, 0.1) is 11.1 Å². The van der Waals surface area contributed by atoms with E-state index < -0.39 is 10.8 Å². The van der Waals surface area contributed by atoms with Crippen molar-refractivity contribution < 1.29 is 19.2 Å². The molecular formula is C23H20N4O5. The summed E-state index contributed by atoms with van der Waals surface area (Å²) in [6, 6.07) is 19.5. The summed E-state index contributed by atoms with van der Waals surface area (Å²) in [5, 5.41) is 17.3. The number of nitrogens with zero attached hydrogens (tertiary/aromatic N) is 2. The number of aryl methyl sites for hydroxylation is 1. The Labute approximate surface area is 183 Å². The normalized spacial score (nSPS) is 10.5. The monoisotopic (exact) mass is 432 g/mol. The highest BCUT2D eigenvalue weighted by Gasteiger charge is 2.09. The van der Waals surface area contributed by atoms with Crippen molar-refractivity contribution in [2.24, 2.45) is 5.10 Å². The van der Waals surface area contributed by atoms with Crippen LogP contribution in [0.1, 0.15) is 21.5 Å². The molecule has 2 N–H and O–H groups in total. The van der Waals surface area contributed by atoms with E-state index in [1.54, 1.807) is 24.3 Å². The molecule has 32 heavy (non-hydrogen) atoms. The number of rotatable bonds is 8. The number of carbonyl (C=O) groups excluding carboxylic acids is 2. The summed E-state index contributed by atoms with van der Waals surface area (Å²) in [6.07, 6.45) is 1.44. The Bertz CT molecular complexity index is 1140. The first-order chi connectivity index (χ1) is 15.4. The average molecular weight is 432 g/mol. The van der Waals surface area contributed by atoms with Crippen LogP contribution in [0.15, 0.2) is 77.9 Å². The highest BCUT2D eigenvalue weighted by atomic mass is 16.6. The molecule has 162 valence electrons. The SMILES string of the molecule is Cc1ccccc1NC(=O)COc1ccc(/C=N/NC(=O)c2ccc([N+](=O)[O-])cc2)cc1. The third-order valence-corrected chi connectivity index (χ3v) is 4.39. The zero-order chi connectivity index (χ0) is 22.9. The summed E-state index contributed by atoms with van der Waals surface area (Å²) < 4.78 is 5.49. The first-order valence-electron chi connectivity index (χ1n) is 9.58. The number of anilines is 1. The van der Waals surface area contributed by atoms with Crippen molar-refractivity contribution >= 4 is 29.4 Å². The number of nitro groups is 1. The van der Waals surface area contributed by atoms with E-state index in [1.807, 2.05) is 31.2 Å². The van der Waals surface area contributed by atoms with Gasteiger partial charge in [0, 0.05) is 23.4 Å². The number of hydrazone groups is 1. The van der Waals surface area contributed by atoms with Gasteiger partial charge in [-0.15, -0.1) is 0 Å². The van der Waals surface area contributed by atoms with E-state index in [2.05, 4.69) is 15.8 Å². The van der Waals surface area contributed by atoms with E-state index in [9.17, 15) is 19.7 Å². The van der Waals surface area contributed by atoms with Gasteiger partial charge in [-0.3, -0.25) is 19.7 Å². The Balaban J connectivity index is 1.47. The number of hydrogen-bond donors (Lipinski definition) is 2. The van der Waals surface area contributed by atoms with Crippen molar-refractivity contribution in [2.45, 2.75) is 6.92 Å². The third-order valence-electron chi connectivity index (χ3n) is 4.39. The van der Waals surface area contributed by atoms with Crippen LogP contribution in [0, 0.1) is 17.0 Å². The second kappa shape index (κ2) is 10.5. The molecule has 0 aromatic heterocycles. The van der Waals surface area contributed by atoms with Gasteiger partial charge in [0.1, 0.15) is 5.75 Å². The second-order valence-corrected chi connectivity index (χ2v) is 6.72. The molecule has 0 saturated carbocycles. The van der Waals surface area contributed by atoms with Crippen LogP contribution in [0.2, 0.25) is 0 Å². The minimum atomic E-state index is -0.538. The van der Waals surface area contributed by atoms with Crippen molar-refractivity contribution in [1.29, 1.82) is 0 Å². The van der Waals surface area contributed by atoms with Gasteiger partial charge >= 0.3 is 0 Å². The van der Waals surface area contributed by atoms with E-state index in [1.165, 1.54) is 30.5 Å². The van der Waals surface area contributed by atoms with Crippen LogP contribution in [0.5, 0.6) is 5.75 Å². The lowest BCUT2D eigenvalue weighted by Crippen LogP contribution is -2.20. The van der Waals surface area contributed by atoms with Gasteiger partial charge in [0.2, 0.25) is 0 Å². The van der Waals surface area contributed by atoms with E-state index >= 15 is 0 Å². The molecule has 0 aliphatic carbocycles. The highest BCUT2D eigenvalue weighted by molar-refractivity contribution is 5.95. The molecular weight excluding hydrogens is 412 g/mol. The fourth-order valence-electron chi connectivity index (χ4n) is 2.66. The number of non-ortho nitro benzene ring substituents is 1. The van der Waals surface area contributed by atoms with Crippen LogP contribution in [-0.2, 0) is 4.79 Å². The molecule has 0 atom stereocenters. The number of para-hydroxylation sites is 1. The lowest BCUT2D eigenvalue weighted by atomic mass is 10.2. The van der Waals surface area contributed by atoms with E-state index in [0.29, 0.717) is 11.3 Å². The Morgan fingerprint density at radius 3 is 2.38 bits per heavy atom. The minimum Gasteiger partial charge on any atom is -0.484 e. The second-order valence-electron chi connectivity index (χ2n) is 6.72. The van der Waals surface area contributed by atoms with Gasteiger partial charge < -0.3 is 10.1 Å².